The van der Waals surface area contributed by atoms with Gasteiger partial charge in [0.05, 0.1) is 20.5 Å². The third-order valence-electron chi connectivity index (χ3n) is 3.26. The second-order valence-electron chi connectivity index (χ2n) is 4.79. The van der Waals surface area contributed by atoms with Crippen molar-refractivity contribution in [2.75, 3.05) is 19.5 Å². The molecular formula is C15H17N5O2. The molecule has 0 atom stereocenters. The van der Waals surface area contributed by atoms with Crippen LogP contribution in [0.2, 0.25) is 0 Å². The SMILES string of the molecule is COc1cc(CNc2nc(C)nc3[nH]cnc23)cc(OC)c1. The summed E-state index contributed by atoms with van der Waals surface area (Å²) in [5, 5.41) is 3.29. The van der Waals surface area contributed by atoms with Crippen LogP contribution in [0.3, 0.4) is 0 Å². The third-order valence-corrected chi connectivity index (χ3v) is 3.26. The van der Waals surface area contributed by atoms with Gasteiger partial charge in [-0.05, 0) is 24.6 Å². The average molecular weight is 299 g/mol. The standard InChI is InChI=1S/C15H17N5O2/c1-9-19-14(13-15(20-9)18-8-17-13)16-7-10-4-11(21-2)6-12(5-10)22-3/h4-6,8H,7H2,1-3H3,(H2,16,17,18,19,20). The van der Waals surface area contributed by atoms with E-state index in [9.17, 15) is 0 Å². The fraction of sp³-hybridized carbons (Fsp3) is 0.267. The zero-order chi connectivity index (χ0) is 15.5. The van der Waals surface area contributed by atoms with Crippen LogP contribution in [-0.2, 0) is 6.54 Å². The van der Waals surface area contributed by atoms with Crippen molar-refractivity contribution in [3.63, 3.8) is 0 Å². The summed E-state index contributed by atoms with van der Waals surface area (Å²) in [6.45, 7) is 2.42. The molecule has 0 fully saturated rings. The predicted molar refractivity (Wildman–Crippen MR) is 83.3 cm³/mol. The lowest BCUT2D eigenvalue weighted by molar-refractivity contribution is 0.393. The molecule has 2 heterocycles. The summed E-state index contributed by atoms with van der Waals surface area (Å²) in [5.41, 5.74) is 2.47. The molecule has 22 heavy (non-hydrogen) atoms. The maximum absolute atomic E-state index is 5.28. The second-order valence-corrected chi connectivity index (χ2v) is 4.79. The number of anilines is 1. The molecule has 0 aliphatic heterocycles. The molecule has 3 rings (SSSR count). The van der Waals surface area contributed by atoms with E-state index in [0.717, 1.165) is 28.2 Å². The number of aryl methyl sites for hydroxylation is 1. The van der Waals surface area contributed by atoms with Crippen LogP contribution in [-0.4, -0.2) is 34.2 Å². The van der Waals surface area contributed by atoms with Crippen LogP contribution in [0.25, 0.3) is 11.2 Å². The minimum absolute atomic E-state index is 0.575. The van der Waals surface area contributed by atoms with Gasteiger partial charge in [-0.15, -0.1) is 0 Å². The monoisotopic (exact) mass is 299 g/mol. The summed E-state index contributed by atoms with van der Waals surface area (Å²) in [5.74, 6) is 2.88. The molecule has 0 bridgehead atoms. The fourth-order valence-electron chi connectivity index (χ4n) is 2.23. The summed E-state index contributed by atoms with van der Waals surface area (Å²) >= 11 is 0. The van der Waals surface area contributed by atoms with Crippen molar-refractivity contribution < 1.29 is 9.47 Å². The molecule has 0 unspecified atom stereocenters. The minimum Gasteiger partial charge on any atom is -0.497 e. The van der Waals surface area contributed by atoms with Gasteiger partial charge < -0.3 is 19.8 Å². The van der Waals surface area contributed by atoms with E-state index in [1.807, 2.05) is 25.1 Å². The lowest BCUT2D eigenvalue weighted by Gasteiger charge is -2.10. The van der Waals surface area contributed by atoms with Crippen LogP contribution < -0.4 is 14.8 Å². The summed E-state index contributed by atoms with van der Waals surface area (Å²) in [7, 11) is 3.26. The van der Waals surface area contributed by atoms with Gasteiger partial charge in [0.1, 0.15) is 22.8 Å². The molecule has 0 amide bonds. The fourth-order valence-corrected chi connectivity index (χ4v) is 2.23. The first kappa shape index (κ1) is 14.1. The number of aromatic amines is 1. The van der Waals surface area contributed by atoms with Crippen molar-refractivity contribution in [2.45, 2.75) is 13.5 Å². The highest BCUT2D eigenvalue weighted by molar-refractivity contribution is 5.82. The van der Waals surface area contributed by atoms with Gasteiger partial charge in [0.25, 0.3) is 0 Å². The zero-order valence-electron chi connectivity index (χ0n) is 12.7. The number of hydrogen-bond donors (Lipinski definition) is 2. The van der Waals surface area contributed by atoms with Gasteiger partial charge in [-0.2, -0.15) is 0 Å². The normalized spacial score (nSPS) is 10.7. The summed E-state index contributed by atoms with van der Waals surface area (Å²) in [4.78, 5) is 15.9. The molecule has 0 saturated carbocycles. The molecule has 0 aliphatic carbocycles. The average Bonchev–Trinajstić information content (AvgIpc) is 3.00. The van der Waals surface area contributed by atoms with Gasteiger partial charge in [-0.25, -0.2) is 15.0 Å². The van der Waals surface area contributed by atoms with Gasteiger partial charge in [0, 0.05) is 12.6 Å². The Morgan fingerprint density at radius 1 is 1.09 bits per heavy atom. The van der Waals surface area contributed by atoms with Gasteiger partial charge in [0.2, 0.25) is 0 Å². The van der Waals surface area contributed by atoms with Crippen molar-refractivity contribution in [3.05, 3.63) is 35.9 Å². The first-order valence-electron chi connectivity index (χ1n) is 6.83. The second kappa shape index (κ2) is 5.88. The Bertz CT molecular complexity index is 777. The molecule has 0 spiro atoms. The Balaban J connectivity index is 1.86. The highest BCUT2D eigenvalue weighted by atomic mass is 16.5. The van der Waals surface area contributed by atoms with Crippen molar-refractivity contribution in [2.24, 2.45) is 0 Å². The Labute approximate surface area is 127 Å². The van der Waals surface area contributed by atoms with Gasteiger partial charge in [-0.1, -0.05) is 0 Å². The molecule has 7 nitrogen and oxygen atoms in total. The first-order chi connectivity index (χ1) is 10.7. The van der Waals surface area contributed by atoms with E-state index in [-0.39, 0.29) is 0 Å². The van der Waals surface area contributed by atoms with Crippen LogP contribution >= 0.6 is 0 Å². The Morgan fingerprint density at radius 3 is 2.50 bits per heavy atom. The van der Waals surface area contributed by atoms with Crippen molar-refractivity contribution >= 4 is 17.0 Å². The molecule has 7 heteroatoms. The highest BCUT2D eigenvalue weighted by Gasteiger charge is 2.09. The molecule has 1 aromatic carbocycles. The first-order valence-corrected chi connectivity index (χ1v) is 6.83. The van der Waals surface area contributed by atoms with Gasteiger partial charge >= 0.3 is 0 Å². The molecule has 114 valence electrons. The lowest BCUT2D eigenvalue weighted by Crippen LogP contribution is -2.04. The van der Waals surface area contributed by atoms with Gasteiger partial charge in [-0.3, -0.25) is 0 Å². The predicted octanol–water partition coefficient (Wildman–Crippen LogP) is 2.29. The smallest absolute Gasteiger partial charge is 0.163 e. The lowest BCUT2D eigenvalue weighted by atomic mass is 10.2. The quantitative estimate of drug-likeness (QED) is 0.752. The number of rotatable bonds is 5. The van der Waals surface area contributed by atoms with E-state index in [1.54, 1.807) is 20.5 Å². The molecule has 2 aromatic heterocycles. The van der Waals surface area contributed by atoms with Crippen molar-refractivity contribution in [1.29, 1.82) is 0 Å². The van der Waals surface area contributed by atoms with Crippen LogP contribution in [0.1, 0.15) is 11.4 Å². The van der Waals surface area contributed by atoms with Crippen LogP contribution in [0.4, 0.5) is 5.82 Å². The van der Waals surface area contributed by atoms with Crippen LogP contribution in [0.5, 0.6) is 11.5 Å². The maximum Gasteiger partial charge on any atom is 0.163 e. The van der Waals surface area contributed by atoms with E-state index in [1.165, 1.54) is 0 Å². The van der Waals surface area contributed by atoms with E-state index in [0.29, 0.717) is 18.2 Å². The zero-order valence-corrected chi connectivity index (χ0v) is 12.7. The number of ether oxygens (including phenoxy) is 2. The van der Waals surface area contributed by atoms with Crippen molar-refractivity contribution in [1.82, 2.24) is 19.9 Å². The summed E-state index contributed by atoms with van der Waals surface area (Å²) in [6, 6.07) is 5.74. The summed E-state index contributed by atoms with van der Waals surface area (Å²) in [6.07, 6.45) is 1.61. The molecule has 0 radical (unpaired) electrons. The van der Waals surface area contributed by atoms with E-state index >= 15 is 0 Å². The number of imidazole rings is 1. The summed E-state index contributed by atoms with van der Waals surface area (Å²) < 4.78 is 10.6. The maximum atomic E-state index is 5.28. The number of nitrogens with zero attached hydrogens (tertiary/aromatic N) is 3. The van der Waals surface area contributed by atoms with E-state index in [2.05, 4.69) is 25.3 Å². The Morgan fingerprint density at radius 2 is 1.82 bits per heavy atom. The largest absolute Gasteiger partial charge is 0.497 e. The number of H-pyrrole nitrogens is 1. The van der Waals surface area contributed by atoms with Crippen LogP contribution in [0.15, 0.2) is 24.5 Å². The molecule has 0 saturated heterocycles. The van der Waals surface area contributed by atoms with E-state index in [4.69, 9.17) is 9.47 Å². The number of methoxy groups -OCH3 is 2. The topological polar surface area (TPSA) is 85.0 Å². The van der Waals surface area contributed by atoms with Gasteiger partial charge in [0.15, 0.2) is 11.5 Å². The number of fused-ring (bicyclic) bond motifs is 1. The molecule has 3 aromatic rings. The third kappa shape index (κ3) is 2.78. The number of hydrogen-bond acceptors (Lipinski definition) is 6. The number of nitrogens with one attached hydrogen (secondary N) is 2. The molecule has 2 N–H and O–H groups in total. The minimum atomic E-state index is 0.575. The Hall–Kier alpha value is -2.83. The molecule has 0 aliphatic rings. The van der Waals surface area contributed by atoms with E-state index < -0.39 is 0 Å². The number of benzene rings is 1. The van der Waals surface area contributed by atoms with Crippen molar-refractivity contribution in [3.8, 4) is 11.5 Å². The molecular weight excluding hydrogens is 282 g/mol. The van der Waals surface area contributed by atoms with Crippen LogP contribution in [0, 0.1) is 6.92 Å². The number of aromatic nitrogens is 4. The highest BCUT2D eigenvalue weighted by Crippen LogP contribution is 2.24. The Kier molecular flexibility index (Phi) is 3.78.